The summed E-state index contributed by atoms with van der Waals surface area (Å²) in [4.78, 5) is 12.1. The predicted molar refractivity (Wildman–Crippen MR) is 83.6 cm³/mol. The molecule has 110 valence electrons. The third-order valence-electron chi connectivity index (χ3n) is 2.81. The molecule has 1 rings (SSSR count). The number of nitrogens with one attached hydrogen (secondary N) is 1. The third-order valence-corrected chi connectivity index (χ3v) is 3.23. The molecule has 1 N–H and O–H groups in total. The molecule has 1 amide bonds. The second-order valence-corrected chi connectivity index (χ2v) is 5.21. The average molecular weight is 296 g/mol. The highest BCUT2D eigenvalue weighted by Crippen LogP contribution is 2.16. The van der Waals surface area contributed by atoms with Crippen molar-refractivity contribution in [2.75, 3.05) is 13.2 Å². The first-order valence-electron chi connectivity index (χ1n) is 6.81. The Morgan fingerprint density at radius 3 is 2.50 bits per heavy atom. The molecule has 0 aromatic heterocycles. The van der Waals surface area contributed by atoms with E-state index in [9.17, 15) is 4.79 Å². The van der Waals surface area contributed by atoms with Crippen molar-refractivity contribution in [3.8, 4) is 0 Å². The Morgan fingerprint density at radius 1 is 1.30 bits per heavy atom. The van der Waals surface area contributed by atoms with E-state index in [1.54, 1.807) is 0 Å². The van der Waals surface area contributed by atoms with Crippen LogP contribution in [0.3, 0.4) is 0 Å². The summed E-state index contributed by atoms with van der Waals surface area (Å²) >= 11 is 6.09. The fourth-order valence-electron chi connectivity index (χ4n) is 1.75. The van der Waals surface area contributed by atoms with Gasteiger partial charge in [-0.2, -0.15) is 0 Å². The molecular weight excluding hydrogens is 274 g/mol. The second-order valence-electron chi connectivity index (χ2n) is 4.68. The maximum Gasteiger partial charge on any atom is 0.242 e. The largest absolute Gasteiger partial charge is 0.382 e. The number of carbonyl (C=O) groups is 1. The minimum Gasteiger partial charge on any atom is -0.382 e. The molecule has 0 radical (unpaired) electrons. The first-order valence-corrected chi connectivity index (χ1v) is 7.25. The molecule has 3 nitrogen and oxygen atoms in total. The van der Waals surface area contributed by atoms with E-state index >= 15 is 0 Å². The van der Waals surface area contributed by atoms with Crippen LogP contribution >= 0.6 is 11.6 Å². The van der Waals surface area contributed by atoms with Gasteiger partial charge in [0.1, 0.15) is 5.38 Å². The Balaban J connectivity index is 2.68. The van der Waals surface area contributed by atoms with E-state index in [1.807, 2.05) is 51.1 Å². The van der Waals surface area contributed by atoms with Crippen LogP contribution in [-0.4, -0.2) is 24.5 Å². The second kappa shape index (κ2) is 8.77. The summed E-state index contributed by atoms with van der Waals surface area (Å²) in [6.07, 6.45) is 0.506. The molecule has 0 saturated heterocycles. The zero-order valence-electron chi connectivity index (χ0n) is 12.3. The van der Waals surface area contributed by atoms with Crippen LogP contribution in [0.15, 0.2) is 35.9 Å². The third kappa shape index (κ3) is 5.35. The van der Waals surface area contributed by atoms with Gasteiger partial charge in [-0.15, -0.1) is 11.6 Å². The number of hydrogen-bond donors (Lipinski definition) is 1. The highest BCUT2D eigenvalue weighted by molar-refractivity contribution is 6.31. The van der Waals surface area contributed by atoms with E-state index in [2.05, 4.69) is 5.32 Å². The maximum atomic E-state index is 12.1. The van der Waals surface area contributed by atoms with Crippen molar-refractivity contribution in [1.29, 1.82) is 0 Å². The lowest BCUT2D eigenvalue weighted by molar-refractivity contribution is -0.119. The van der Waals surface area contributed by atoms with Crippen LogP contribution in [0.4, 0.5) is 0 Å². The fourth-order valence-corrected chi connectivity index (χ4v) is 1.90. The molecule has 0 spiro atoms. The maximum absolute atomic E-state index is 12.1. The Bertz CT molecular complexity index is 453. The monoisotopic (exact) mass is 295 g/mol. The van der Waals surface area contributed by atoms with Crippen molar-refractivity contribution >= 4 is 23.2 Å². The number of rotatable bonds is 7. The molecule has 0 bridgehead atoms. The van der Waals surface area contributed by atoms with Gasteiger partial charge in [0.05, 0.1) is 0 Å². The van der Waals surface area contributed by atoms with Crippen molar-refractivity contribution in [2.45, 2.75) is 32.6 Å². The number of carbonyl (C=O) groups excluding carboxylic acids is 1. The first kappa shape index (κ1) is 16.7. The van der Waals surface area contributed by atoms with Gasteiger partial charge in [-0.3, -0.25) is 4.79 Å². The lowest BCUT2D eigenvalue weighted by atomic mass is 10.1. The highest BCUT2D eigenvalue weighted by atomic mass is 35.5. The quantitative estimate of drug-likeness (QED) is 0.617. The van der Waals surface area contributed by atoms with Crippen LogP contribution in [-0.2, 0) is 9.53 Å². The first-order chi connectivity index (χ1) is 9.56. The Labute approximate surface area is 126 Å². The SMILES string of the molecule is CCOCCC(Cl)C(=O)NC(=C(C)C)c1ccccc1. The molecule has 1 atom stereocenters. The summed E-state index contributed by atoms with van der Waals surface area (Å²) < 4.78 is 5.21. The number of hydrogen-bond acceptors (Lipinski definition) is 2. The number of alkyl halides is 1. The number of benzene rings is 1. The van der Waals surface area contributed by atoms with Crippen molar-refractivity contribution in [2.24, 2.45) is 0 Å². The molecule has 0 aliphatic heterocycles. The van der Waals surface area contributed by atoms with Gasteiger partial charge in [0.25, 0.3) is 0 Å². The number of ether oxygens (including phenoxy) is 1. The molecule has 1 aromatic carbocycles. The number of allylic oxidation sites excluding steroid dienone is 1. The van der Waals surface area contributed by atoms with Gasteiger partial charge in [0.2, 0.25) is 5.91 Å². The molecule has 0 saturated carbocycles. The zero-order chi connectivity index (χ0) is 15.0. The van der Waals surface area contributed by atoms with Gasteiger partial charge >= 0.3 is 0 Å². The highest BCUT2D eigenvalue weighted by Gasteiger charge is 2.17. The Kier molecular flexibility index (Phi) is 7.34. The van der Waals surface area contributed by atoms with Crippen LogP contribution in [0, 0.1) is 0 Å². The molecule has 1 unspecified atom stereocenters. The van der Waals surface area contributed by atoms with E-state index < -0.39 is 5.38 Å². The van der Waals surface area contributed by atoms with E-state index in [4.69, 9.17) is 16.3 Å². The molecule has 20 heavy (non-hydrogen) atoms. The molecule has 0 heterocycles. The normalized spacial score (nSPS) is 11.8. The van der Waals surface area contributed by atoms with Crippen LogP contribution in [0.25, 0.3) is 5.70 Å². The topological polar surface area (TPSA) is 38.3 Å². The van der Waals surface area contributed by atoms with Crippen molar-refractivity contribution in [3.63, 3.8) is 0 Å². The van der Waals surface area contributed by atoms with E-state index in [0.717, 1.165) is 16.8 Å². The van der Waals surface area contributed by atoms with Crippen LogP contribution in [0.5, 0.6) is 0 Å². The molecular formula is C16H22ClNO2. The summed E-state index contributed by atoms with van der Waals surface area (Å²) in [5.41, 5.74) is 2.84. The number of halogens is 1. The lowest BCUT2D eigenvalue weighted by Crippen LogP contribution is -2.31. The van der Waals surface area contributed by atoms with E-state index in [0.29, 0.717) is 19.6 Å². The Hall–Kier alpha value is -1.32. The van der Waals surface area contributed by atoms with Gasteiger partial charge in [-0.1, -0.05) is 35.9 Å². The van der Waals surface area contributed by atoms with E-state index in [1.165, 1.54) is 0 Å². The summed E-state index contributed by atoms with van der Waals surface area (Å²) in [5, 5.41) is 2.33. The summed E-state index contributed by atoms with van der Waals surface area (Å²) in [6.45, 7) is 6.97. The van der Waals surface area contributed by atoms with Crippen molar-refractivity contribution in [1.82, 2.24) is 5.32 Å². The zero-order valence-corrected chi connectivity index (χ0v) is 13.0. The molecule has 4 heteroatoms. The minimum atomic E-state index is -0.584. The predicted octanol–water partition coefficient (Wildman–Crippen LogP) is 3.59. The van der Waals surface area contributed by atoms with Crippen molar-refractivity contribution < 1.29 is 9.53 Å². The van der Waals surface area contributed by atoms with Gasteiger partial charge in [-0.25, -0.2) is 0 Å². The van der Waals surface area contributed by atoms with Gasteiger partial charge in [-0.05, 0) is 32.8 Å². The molecule has 1 aromatic rings. The van der Waals surface area contributed by atoms with Gasteiger partial charge < -0.3 is 10.1 Å². The fraction of sp³-hybridized carbons (Fsp3) is 0.438. The summed E-state index contributed by atoms with van der Waals surface area (Å²) in [5.74, 6) is -0.188. The smallest absolute Gasteiger partial charge is 0.242 e. The summed E-state index contributed by atoms with van der Waals surface area (Å²) in [7, 11) is 0. The summed E-state index contributed by atoms with van der Waals surface area (Å²) in [6, 6.07) is 9.76. The van der Waals surface area contributed by atoms with Crippen LogP contribution in [0.1, 0.15) is 32.8 Å². The van der Waals surface area contributed by atoms with Gasteiger partial charge in [0, 0.05) is 18.9 Å². The standard InChI is InChI=1S/C16H22ClNO2/c1-4-20-11-10-14(17)16(19)18-15(12(2)3)13-8-6-5-7-9-13/h5-9,14H,4,10-11H2,1-3H3,(H,18,19). The van der Waals surface area contributed by atoms with Crippen LogP contribution in [0.2, 0.25) is 0 Å². The number of amides is 1. The molecule has 0 fully saturated rings. The molecule has 0 aliphatic carbocycles. The average Bonchev–Trinajstić information content (AvgIpc) is 2.45. The lowest BCUT2D eigenvalue weighted by Gasteiger charge is -2.15. The van der Waals surface area contributed by atoms with E-state index in [-0.39, 0.29) is 5.91 Å². The molecule has 0 aliphatic rings. The Morgan fingerprint density at radius 2 is 1.95 bits per heavy atom. The minimum absolute atomic E-state index is 0.188. The van der Waals surface area contributed by atoms with Gasteiger partial charge in [0.15, 0.2) is 0 Å². The van der Waals surface area contributed by atoms with Crippen LogP contribution < -0.4 is 5.32 Å². The van der Waals surface area contributed by atoms with Crippen molar-refractivity contribution in [3.05, 3.63) is 41.5 Å².